The lowest BCUT2D eigenvalue weighted by molar-refractivity contribution is -0.384. The maximum absolute atomic E-state index is 10.6. The Morgan fingerprint density at radius 1 is 1.45 bits per heavy atom. The number of aromatic nitrogens is 1. The second-order valence-corrected chi connectivity index (χ2v) is 4.73. The molecule has 0 saturated carbocycles. The first-order valence-electron chi connectivity index (χ1n) is 6.74. The van der Waals surface area contributed by atoms with Gasteiger partial charge >= 0.3 is 5.69 Å². The van der Waals surface area contributed by atoms with Gasteiger partial charge in [0.1, 0.15) is 5.82 Å². The van der Waals surface area contributed by atoms with Crippen LogP contribution in [0.3, 0.4) is 0 Å². The molecule has 0 aliphatic carbocycles. The lowest BCUT2D eigenvalue weighted by Crippen LogP contribution is -2.44. The Hall–Kier alpha value is -1.93. The number of hydrogen-bond donors (Lipinski definition) is 3. The summed E-state index contributed by atoms with van der Waals surface area (Å²) in [6, 6.07) is 2.96. The first kappa shape index (κ1) is 14.5. The van der Waals surface area contributed by atoms with Gasteiger partial charge in [0.05, 0.1) is 4.92 Å². The average molecular weight is 280 g/mol. The van der Waals surface area contributed by atoms with Gasteiger partial charge in [-0.1, -0.05) is 0 Å². The number of piperazine rings is 1. The SMILES string of the molecule is Nc1nc(NCCCN2CCNCC2)ccc1[N+](=O)[O-]. The second-order valence-electron chi connectivity index (χ2n) is 4.73. The van der Waals surface area contributed by atoms with E-state index in [2.05, 4.69) is 20.5 Å². The van der Waals surface area contributed by atoms with Crippen molar-refractivity contribution in [2.45, 2.75) is 6.42 Å². The quantitative estimate of drug-likeness (QED) is 0.390. The Balaban J connectivity index is 1.73. The van der Waals surface area contributed by atoms with Gasteiger partial charge in [-0.15, -0.1) is 0 Å². The highest BCUT2D eigenvalue weighted by molar-refractivity contribution is 5.57. The maximum Gasteiger partial charge on any atom is 0.311 e. The molecule has 1 aromatic heterocycles. The van der Waals surface area contributed by atoms with Crippen LogP contribution in [0, 0.1) is 10.1 Å². The largest absolute Gasteiger partial charge is 0.378 e. The van der Waals surface area contributed by atoms with Crippen LogP contribution in [-0.2, 0) is 0 Å². The van der Waals surface area contributed by atoms with E-state index in [1.807, 2.05) is 0 Å². The monoisotopic (exact) mass is 280 g/mol. The van der Waals surface area contributed by atoms with Crippen LogP contribution in [0.15, 0.2) is 12.1 Å². The Labute approximate surface area is 117 Å². The van der Waals surface area contributed by atoms with E-state index in [-0.39, 0.29) is 11.5 Å². The van der Waals surface area contributed by atoms with Gasteiger partial charge in [-0.25, -0.2) is 4.98 Å². The van der Waals surface area contributed by atoms with E-state index in [9.17, 15) is 10.1 Å². The molecule has 1 aliphatic heterocycles. The Morgan fingerprint density at radius 2 is 2.20 bits per heavy atom. The highest BCUT2D eigenvalue weighted by atomic mass is 16.6. The van der Waals surface area contributed by atoms with Gasteiger partial charge in [0.2, 0.25) is 5.82 Å². The lowest BCUT2D eigenvalue weighted by atomic mass is 10.3. The molecule has 4 N–H and O–H groups in total. The molecule has 0 spiro atoms. The van der Waals surface area contributed by atoms with Crippen molar-refractivity contribution in [3.8, 4) is 0 Å². The molecular weight excluding hydrogens is 260 g/mol. The van der Waals surface area contributed by atoms with Gasteiger partial charge in [-0.2, -0.15) is 0 Å². The van der Waals surface area contributed by atoms with Crippen molar-refractivity contribution in [1.82, 2.24) is 15.2 Å². The number of nitrogens with zero attached hydrogens (tertiary/aromatic N) is 3. The van der Waals surface area contributed by atoms with Crippen LogP contribution in [0.5, 0.6) is 0 Å². The van der Waals surface area contributed by atoms with Crippen molar-refractivity contribution in [3.63, 3.8) is 0 Å². The predicted octanol–water partition coefficient (Wildman–Crippen LogP) is 0.279. The van der Waals surface area contributed by atoms with Crippen molar-refractivity contribution in [2.24, 2.45) is 0 Å². The van der Waals surface area contributed by atoms with E-state index in [1.165, 1.54) is 6.07 Å². The number of nitrogen functional groups attached to an aromatic ring is 1. The van der Waals surface area contributed by atoms with Crippen LogP contribution in [0.4, 0.5) is 17.3 Å². The van der Waals surface area contributed by atoms with Gasteiger partial charge in [-0.05, 0) is 19.0 Å². The van der Waals surface area contributed by atoms with Crippen LogP contribution in [0.1, 0.15) is 6.42 Å². The third-order valence-corrected chi connectivity index (χ3v) is 3.27. The molecule has 0 radical (unpaired) electrons. The molecule has 0 atom stereocenters. The molecule has 2 rings (SSSR count). The van der Waals surface area contributed by atoms with E-state index >= 15 is 0 Å². The molecule has 1 aliphatic rings. The van der Waals surface area contributed by atoms with Crippen LogP contribution in [0.25, 0.3) is 0 Å². The van der Waals surface area contributed by atoms with Gasteiger partial charge in [-0.3, -0.25) is 10.1 Å². The Morgan fingerprint density at radius 3 is 2.85 bits per heavy atom. The maximum atomic E-state index is 10.6. The van der Waals surface area contributed by atoms with Gasteiger partial charge < -0.3 is 21.3 Å². The highest BCUT2D eigenvalue weighted by Gasteiger charge is 2.12. The molecule has 1 fully saturated rings. The zero-order valence-electron chi connectivity index (χ0n) is 11.3. The minimum atomic E-state index is -0.531. The van der Waals surface area contributed by atoms with Crippen molar-refractivity contribution < 1.29 is 4.92 Å². The Kier molecular flexibility index (Phi) is 5.08. The predicted molar refractivity (Wildman–Crippen MR) is 77.7 cm³/mol. The first-order chi connectivity index (χ1) is 9.66. The van der Waals surface area contributed by atoms with Crippen LogP contribution in [-0.4, -0.2) is 54.1 Å². The highest BCUT2D eigenvalue weighted by Crippen LogP contribution is 2.20. The normalized spacial score (nSPS) is 16.0. The van der Waals surface area contributed by atoms with Gasteiger partial charge in [0, 0.05) is 38.8 Å². The fourth-order valence-electron chi connectivity index (χ4n) is 2.17. The standard InChI is InChI=1S/C12H20N6O2/c13-12-10(18(19)20)2-3-11(16-12)15-4-1-7-17-8-5-14-6-9-17/h2-3,14H,1,4-9H2,(H3,13,15,16). The van der Waals surface area contributed by atoms with Crippen molar-refractivity contribution in [1.29, 1.82) is 0 Å². The summed E-state index contributed by atoms with van der Waals surface area (Å²) in [6.45, 7) is 6.08. The minimum Gasteiger partial charge on any atom is -0.378 e. The summed E-state index contributed by atoms with van der Waals surface area (Å²) in [5.74, 6) is 0.524. The van der Waals surface area contributed by atoms with Crippen LogP contribution >= 0.6 is 0 Å². The zero-order valence-corrected chi connectivity index (χ0v) is 11.3. The molecule has 1 aromatic rings. The summed E-state index contributed by atoms with van der Waals surface area (Å²) in [5.41, 5.74) is 5.38. The Bertz CT molecular complexity index is 461. The summed E-state index contributed by atoms with van der Waals surface area (Å²) < 4.78 is 0. The summed E-state index contributed by atoms with van der Waals surface area (Å²) in [6.07, 6.45) is 0.999. The molecular formula is C12H20N6O2. The summed E-state index contributed by atoms with van der Waals surface area (Å²) >= 11 is 0. The second kappa shape index (κ2) is 7.01. The minimum absolute atomic E-state index is 0.0536. The smallest absolute Gasteiger partial charge is 0.311 e. The molecule has 0 amide bonds. The molecule has 8 nitrogen and oxygen atoms in total. The number of hydrogen-bond acceptors (Lipinski definition) is 7. The van der Waals surface area contributed by atoms with Gasteiger partial charge in [0.25, 0.3) is 0 Å². The number of rotatable bonds is 6. The third-order valence-electron chi connectivity index (χ3n) is 3.27. The molecule has 0 bridgehead atoms. The molecule has 20 heavy (non-hydrogen) atoms. The zero-order chi connectivity index (χ0) is 14.4. The topological polar surface area (TPSA) is 109 Å². The van der Waals surface area contributed by atoms with Crippen molar-refractivity contribution >= 4 is 17.3 Å². The third kappa shape index (κ3) is 4.04. The number of nitro groups is 1. The fourth-order valence-corrected chi connectivity index (χ4v) is 2.17. The molecule has 0 unspecified atom stereocenters. The van der Waals surface area contributed by atoms with Crippen LogP contribution in [0.2, 0.25) is 0 Å². The van der Waals surface area contributed by atoms with E-state index in [4.69, 9.17) is 5.73 Å². The number of nitrogens with two attached hydrogens (primary N) is 1. The average Bonchev–Trinajstić information content (AvgIpc) is 2.44. The van der Waals surface area contributed by atoms with Crippen LogP contribution < -0.4 is 16.4 Å². The number of anilines is 2. The molecule has 1 saturated heterocycles. The molecule has 2 heterocycles. The number of nitrogens with one attached hydrogen (secondary N) is 2. The van der Waals surface area contributed by atoms with E-state index in [0.29, 0.717) is 5.82 Å². The molecule has 8 heteroatoms. The van der Waals surface area contributed by atoms with Crippen molar-refractivity contribution in [3.05, 3.63) is 22.2 Å². The van der Waals surface area contributed by atoms with E-state index < -0.39 is 4.92 Å². The van der Waals surface area contributed by atoms with Gasteiger partial charge in [0.15, 0.2) is 0 Å². The summed E-state index contributed by atoms with van der Waals surface area (Å²) in [7, 11) is 0. The lowest BCUT2D eigenvalue weighted by Gasteiger charge is -2.27. The van der Waals surface area contributed by atoms with E-state index in [1.54, 1.807) is 6.07 Å². The molecule has 110 valence electrons. The first-order valence-corrected chi connectivity index (χ1v) is 6.74. The summed E-state index contributed by atoms with van der Waals surface area (Å²) in [5, 5.41) is 17.1. The van der Waals surface area contributed by atoms with E-state index in [0.717, 1.165) is 45.7 Å². The van der Waals surface area contributed by atoms with Crippen molar-refractivity contribution in [2.75, 3.05) is 50.3 Å². The summed E-state index contributed by atoms with van der Waals surface area (Å²) in [4.78, 5) is 16.5. The number of pyridine rings is 1. The fraction of sp³-hybridized carbons (Fsp3) is 0.583. The molecule has 0 aromatic carbocycles.